The highest BCUT2D eigenvalue weighted by Crippen LogP contribution is 2.28. The topological polar surface area (TPSA) is 29.9 Å². The zero-order valence-corrected chi connectivity index (χ0v) is 12.3. The number of imidazole rings is 1. The summed E-state index contributed by atoms with van der Waals surface area (Å²) >= 11 is 0. The maximum atomic E-state index is 4.88. The number of nitrogens with one attached hydrogen (secondary N) is 1. The molecule has 0 aliphatic carbocycles. The molecule has 1 N–H and O–H groups in total. The molecule has 0 radical (unpaired) electrons. The van der Waals surface area contributed by atoms with Crippen molar-refractivity contribution in [2.24, 2.45) is 0 Å². The predicted molar refractivity (Wildman–Crippen MR) is 76.0 cm³/mol. The van der Waals surface area contributed by atoms with Gasteiger partial charge in [0, 0.05) is 37.2 Å². The summed E-state index contributed by atoms with van der Waals surface area (Å²) in [5.74, 6) is 1.80. The standard InChI is InChI=1S/C15H27N3/c1-5-6-7-12(4)18-14-8-9-16-10-13(14)17-15(18)11(2)3/h11-12,16H,5-10H2,1-4H3. The largest absolute Gasteiger partial charge is 0.329 e. The lowest BCUT2D eigenvalue weighted by atomic mass is 10.1. The van der Waals surface area contributed by atoms with Crippen molar-refractivity contribution in [3.8, 4) is 0 Å². The van der Waals surface area contributed by atoms with Gasteiger partial charge in [0.1, 0.15) is 5.82 Å². The Morgan fingerprint density at radius 3 is 2.78 bits per heavy atom. The lowest BCUT2D eigenvalue weighted by Crippen LogP contribution is -2.25. The third-order valence-electron chi connectivity index (χ3n) is 3.88. The van der Waals surface area contributed by atoms with E-state index in [2.05, 4.69) is 37.6 Å². The number of rotatable bonds is 5. The first-order chi connectivity index (χ1) is 8.65. The third-order valence-corrected chi connectivity index (χ3v) is 3.88. The highest BCUT2D eigenvalue weighted by molar-refractivity contribution is 5.22. The van der Waals surface area contributed by atoms with Gasteiger partial charge in [-0.15, -0.1) is 0 Å². The molecule has 3 heteroatoms. The molecular weight excluding hydrogens is 222 g/mol. The average molecular weight is 249 g/mol. The minimum absolute atomic E-state index is 0.514. The molecule has 1 unspecified atom stereocenters. The average Bonchev–Trinajstić information content (AvgIpc) is 2.75. The van der Waals surface area contributed by atoms with Gasteiger partial charge in [-0.1, -0.05) is 33.6 Å². The molecular formula is C15H27N3. The molecule has 0 spiro atoms. The van der Waals surface area contributed by atoms with Gasteiger partial charge < -0.3 is 9.88 Å². The summed E-state index contributed by atoms with van der Waals surface area (Å²) in [6, 6.07) is 0.594. The smallest absolute Gasteiger partial charge is 0.112 e. The van der Waals surface area contributed by atoms with Gasteiger partial charge in [0.15, 0.2) is 0 Å². The number of hydrogen-bond donors (Lipinski definition) is 1. The van der Waals surface area contributed by atoms with Crippen molar-refractivity contribution in [1.29, 1.82) is 0 Å². The van der Waals surface area contributed by atoms with E-state index < -0.39 is 0 Å². The van der Waals surface area contributed by atoms with Crippen molar-refractivity contribution < 1.29 is 0 Å². The third kappa shape index (κ3) is 2.61. The molecule has 1 aliphatic heterocycles. The first-order valence-electron chi connectivity index (χ1n) is 7.45. The van der Waals surface area contributed by atoms with Crippen molar-refractivity contribution in [1.82, 2.24) is 14.9 Å². The zero-order valence-electron chi connectivity index (χ0n) is 12.3. The van der Waals surface area contributed by atoms with Gasteiger partial charge >= 0.3 is 0 Å². The quantitative estimate of drug-likeness (QED) is 0.866. The Bertz CT molecular complexity index is 393. The molecule has 0 bridgehead atoms. The summed E-state index contributed by atoms with van der Waals surface area (Å²) in [5.41, 5.74) is 2.77. The first kappa shape index (κ1) is 13.6. The Kier molecular flexibility index (Phi) is 4.44. The Morgan fingerprint density at radius 1 is 1.33 bits per heavy atom. The molecule has 0 saturated carbocycles. The molecule has 1 aliphatic rings. The highest BCUT2D eigenvalue weighted by atomic mass is 15.1. The maximum absolute atomic E-state index is 4.88. The summed E-state index contributed by atoms with van der Waals surface area (Å²) in [4.78, 5) is 4.88. The lowest BCUT2D eigenvalue weighted by Gasteiger charge is -2.22. The second-order valence-corrected chi connectivity index (χ2v) is 5.81. The second-order valence-electron chi connectivity index (χ2n) is 5.81. The Morgan fingerprint density at radius 2 is 2.11 bits per heavy atom. The van der Waals surface area contributed by atoms with Crippen molar-refractivity contribution >= 4 is 0 Å². The molecule has 0 aromatic carbocycles. The van der Waals surface area contributed by atoms with Crippen molar-refractivity contribution in [2.75, 3.05) is 6.54 Å². The van der Waals surface area contributed by atoms with Crippen LogP contribution < -0.4 is 5.32 Å². The van der Waals surface area contributed by atoms with E-state index in [4.69, 9.17) is 4.98 Å². The Hall–Kier alpha value is -0.830. The molecule has 1 atom stereocenters. The van der Waals surface area contributed by atoms with Gasteiger partial charge in [0.25, 0.3) is 0 Å². The molecule has 102 valence electrons. The summed E-state index contributed by atoms with van der Waals surface area (Å²) in [7, 11) is 0. The van der Waals surface area contributed by atoms with Crippen LogP contribution in [0.3, 0.4) is 0 Å². The van der Waals surface area contributed by atoms with Crippen LogP contribution in [-0.2, 0) is 13.0 Å². The molecule has 0 amide bonds. The van der Waals surface area contributed by atoms with Crippen LogP contribution >= 0.6 is 0 Å². The second kappa shape index (κ2) is 5.87. The van der Waals surface area contributed by atoms with Crippen LogP contribution in [0.4, 0.5) is 0 Å². The molecule has 1 aromatic rings. The fourth-order valence-corrected chi connectivity index (χ4v) is 2.88. The monoisotopic (exact) mass is 249 g/mol. The lowest BCUT2D eigenvalue weighted by molar-refractivity contribution is 0.443. The van der Waals surface area contributed by atoms with Gasteiger partial charge in [-0.25, -0.2) is 4.98 Å². The Labute approximate surface area is 111 Å². The zero-order chi connectivity index (χ0) is 13.1. The van der Waals surface area contributed by atoms with Gasteiger partial charge in [0.2, 0.25) is 0 Å². The van der Waals surface area contributed by atoms with Crippen molar-refractivity contribution in [3.63, 3.8) is 0 Å². The van der Waals surface area contributed by atoms with Crippen LogP contribution in [0.5, 0.6) is 0 Å². The summed E-state index contributed by atoms with van der Waals surface area (Å²) in [5, 5.41) is 3.43. The Balaban J connectivity index is 2.32. The van der Waals surface area contributed by atoms with Gasteiger partial charge in [-0.2, -0.15) is 0 Å². The van der Waals surface area contributed by atoms with E-state index in [0.29, 0.717) is 12.0 Å². The minimum Gasteiger partial charge on any atom is -0.329 e. The molecule has 1 aromatic heterocycles. The van der Waals surface area contributed by atoms with Crippen LogP contribution in [0.25, 0.3) is 0 Å². The van der Waals surface area contributed by atoms with E-state index in [-0.39, 0.29) is 0 Å². The van der Waals surface area contributed by atoms with Gasteiger partial charge in [-0.3, -0.25) is 0 Å². The molecule has 0 saturated heterocycles. The van der Waals surface area contributed by atoms with Crippen molar-refractivity contribution in [2.45, 2.75) is 71.9 Å². The summed E-state index contributed by atoms with van der Waals surface area (Å²) in [6.45, 7) is 11.2. The van der Waals surface area contributed by atoms with E-state index in [9.17, 15) is 0 Å². The number of unbranched alkanes of at least 4 members (excludes halogenated alkanes) is 1. The maximum Gasteiger partial charge on any atom is 0.112 e. The van der Waals surface area contributed by atoms with Crippen LogP contribution in [0.2, 0.25) is 0 Å². The van der Waals surface area contributed by atoms with E-state index in [0.717, 1.165) is 19.5 Å². The van der Waals surface area contributed by atoms with E-state index in [1.54, 1.807) is 0 Å². The number of hydrogen-bond acceptors (Lipinski definition) is 2. The molecule has 2 heterocycles. The van der Waals surface area contributed by atoms with Gasteiger partial charge in [0.05, 0.1) is 5.69 Å². The molecule has 2 rings (SSSR count). The fourth-order valence-electron chi connectivity index (χ4n) is 2.88. The number of fused-ring (bicyclic) bond motifs is 1. The van der Waals surface area contributed by atoms with E-state index in [1.165, 1.54) is 36.5 Å². The van der Waals surface area contributed by atoms with Crippen LogP contribution in [0.15, 0.2) is 0 Å². The molecule has 18 heavy (non-hydrogen) atoms. The summed E-state index contributed by atoms with van der Waals surface area (Å²) < 4.78 is 2.54. The normalized spacial score (nSPS) is 16.9. The van der Waals surface area contributed by atoms with Gasteiger partial charge in [-0.05, 0) is 13.3 Å². The highest BCUT2D eigenvalue weighted by Gasteiger charge is 2.23. The van der Waals surface area contributed by atoms with Crippen molar-refractivity contribution in [3.05, 3.63) is 17.2 Å². The van der Waals surface area contributed by atoms with Crippen LogP contribution in [0, 0.1) is 0 Å². The number of nitrogens with zero attached hydrogens (tertiary/aromatic N) is 2. The molecule has 0 fully saturated rings. The van der Waals surface area contributed by atoms with E-state index >= 15 is 0 Å². The van der Waals surface area contributed by atoms with Crippen LogP contribution in [0.1, 0.15) is 76.1 Å². The fraction of sp³-hybridized carbons (Fsp3) is 0.800. The SMILES string of the molecule is CCCCC(C)n1c(C(C)C)nc2c1CCNC2. The first-order valence-corrected chi connectivity index (χ1v) is 7.45. The van der Waals surface area contributed by atoms with Crippen LogP contribution in [-0.4, -0.2) is 16.1 Å². The number of aromatic nitrogens is 2. The summed E-state index contributed by atoms with van der Waals surface area (Å²) in [6.07, 6.45) is 4.99. The predicted octanol–water partition coefficient (Wildman–Crippen LogP) is 3.40. The molecule has 3 nitrogen and oxygen atoms in total. The minimum atomic E-state index is 0.514. The van der Waals surface area contributed by atoms with E-state index in [1.807, 2.05) is 0 Å².